The van der Waals surface area contributed by atoms with Gasteiger partial charge < -0.3 is 2.85 Å². The summed E-state index contributed by atoms with van der Waals surface area (Å²) < 4.78 is 0. The van der Waals surface area contributed by atoms with Crippen molar-refractivity contribution in [1.29, 1.82) is 0 Å². The molecule has 0 aliphatic carbocycles. The first kappa shape index (κ1) is 33.4. The van der Waals surface area contributed by atoms with Crippen molar-refractivity contribution in [3.05, 3.63) is 0 Å². The van der Waals surface area contributed by atoms with E-state index in [1.165, 1.54) is 0 Å². The van der Waals surface area contributed by atoms with Crippen LogP contribution in [-0.4, -0.2) is 59.8 Å². The third kappa shape index (κ3) is 8.85. The molecule has 0 aromatic heterocycles. The first-order valence-electron chi connectivity index (χ1n) is 0. The fourth-order valence-electron chi connectivity index (χ4n) is 0. The molecule has 0 saturated carbocycles. The number of rotatable bonds is 0. The van der Waals surface area contributed by atoms with Gasteiger partial charge >= 0.3 is 48.9 Å². The first-order valence-corrected chi connectivity index (χ1v) is 0. The smallest absolute Gasteiger partial charge is 1.00 e. The molecule has 0 aliphatic heterocycles. The van der Waals surface area contributed by atoms with Crippen LogP contribution in [0, 0.1) is 0 Å². The molecule has 0 saturated heterocycles. The summed E-state index contributed by atoms with van der Waals surface area (Å²) >= 11 is 0. The minimum absolute atomic E-state index is 0. The van der Waals surface area contributed by atoms with Crippen LogP contribution < -0.4 is 0 Å². The molecule has 0 amide bonds. The first-order chi connectivity index (χ1) is 0. The maximum absolute atomic E-state index is 0. The van der Waals surface area contributed by atoms with Gasteiger partial charge in [0, 0.05) is 17.1 Å². The van der Waals surface area contributed by atoms with Gasteiger partial charge in [-0.15, -0.1) is 0 Å². The van der Waals surface area contributed by atoms with Crippen molar-refractivity contribution in [2.75, 3.05) is 0 Å². The average molecular weight is 242 g/mol. The second-order valence-corrected chi connectivity index (χ2v) is 0. The van der Waals surface area contributed by atoms with Crippen LogP contribution in [0.15, 0.2) is 0 Å². The fourth-order valence-corrected chi connectivity index (χ4v) is 0. The molecule has 0 fully saturated rings. The molecule has 0 unspecified atom stereocenters. The van der Waals surface area contributed by atoms with E-state index in [1.807, 2.05) is 0 Å². The number of hydrogen-bond acceptors (Lipinski definition) is 0. The molecule has 0 atom stereocenters. The van der Waals surface area contributed by atoms with Gasteiger partial charge in [0.1, 0.15) is 0 Å². The van der Waals surface area contributed by atoms with Crippen LogP contribution >= 0.6 is 0 Å². The normalized spacial score (nSPS) is 0. The van der Waals surface area contributed by atoms with E-state index in [2.05, 4.69) is 0 Å². The largest absolute Gasteiger partial charge is 2.00 e. The Morgan fingerprint density at radius 3 is 1.25 bits per heavy atom. The van der Waals surface area contributed by atoms with Gasteiger partial charge in [0.25, 0.3) is 0 Å². The van der Waals surface area contributed by atoms with Gasteiger partial charge in [-0.05, 0) is 11.0 Å². The third-order valence-corrected chi connectivity index (χ3v) is 0. The van der Waals surface area contributed by atoms with Gasteiger partial charge in [-0.25, -0.2) is 0 Å². The standard InChI is InChI=1S/CH4.Ba.Mn.H4Si.2H/h1H4;;;1H4;;/q;+2;;;2*-1. The summed E-state index contributed by atoms with van der Waals surface area (Å²) in [6.07, 6.45) is 0. The third-order valence-electron chi connectivity index (χ3n) is 0. The molecule has 0 N–H and O–H groups in total. The Kier molecular flexibility index (Phi) is 154. The van der Waals surface area contributed by atoms with Gasteiger partial charge in [-0.2, -0.15) is 0 Å². The quantitative estimate of drug-likeness (QED) is 0.479. The zero-order valence-electron chi connectivity index (χ0n) is 3.09. The summed E-state index contributed by atoms with van der Waals surface area (Å²) in [4.78, 5) is 0. The molecule has 0 aliphatic rings. The summed E-state index contributed by atoms with van der Waals surface area (Å²) in [6, 6.07) is 0. The Bertz CT molecular complexity index is 13.5. The summed E-state index contributed by atoms with van der Waals surface area (Å²) in [7, 11) is 0. The van der Waals surface area contributed by atoms with Crippen molar-refractivity contribution in [2.45, 2.75) is 7.43 Å². The van der Waals surface area contributed by atoms with Crippen LogP contribution in [0.1, 0.15) is 10.3 Å². The van der Waals surface area contributed by atoms with E-state index in [1.54, 1.807) is 0 Å². The van der Waals surface area contributed by atoms with E-state index < -0.39 is 0 Å². The van der Waals surface area contributed by atoms with Gasteiger partial charge in [-0.1, -0.05) is 7.43 Å². The molecule has 3 heteroatoms. The predicted octanol–water partition coefficient (Wildman–Crippen LogP) is -0.974. The average Bonchev–Trinajstić information content (AvgIpc) is 0. The topological polar surface area (TPSA) is 0 Å². The summed E-state index contributed by atoms with van der Waals surface area (Å²) in [5, 5.41) is 0. The Labute approximate surface area is 85.7 Å². The Morgan fingerprint density at radius 2 is 1.25 bits per heavy atom. The SMILES string of the molecule is C.[Ba+2].[H-].[H-].[Mn].[SiH4]. The predicted molar refractivity (Wildman–Crippen MR) is 26.0 cm³/mol. The Balaban J connectivity index is 0. The number of hydrogen-bond donors (Lipinski definition) is 0. The second-order valence-electron chi connectivity index (χ2n) is 0. The Hall–Kier alpha value is 2.31. The molecule has 4 heavy (non-hydrogen) atoms. The summed E-state index contributed by atoms with van der Waals surface area (Å²) in [5.41, 5.74) is 0. The van der Waals surface area contributed by atoms with Gasteiger partial charge in [0.15, 0.2) is 0 Å². The van der Waals surface area contributed by atoms with Gasteiger partial charge in [0.05, 0.1) is 0 Å². The van der Waals surface area contributed by atoms with E-state index >= 15 is 0 Å². The monoisotopic (exact) mass is 243 g/mol. The molecule has 0 bridgehead atoms. The van der Waals surface area contributed by atoms with Crippen molar-refractivity contribution in [2.24, 2.45) is 0 Å². The van der Waals surface area contributed by atoms with Crippen molar-refractivity contribution < 1.29 is 19.9 Å². The van der Waals surface area contributed by atoms with Crippen LogP contribution in [0.5, 0.6) is 0 Å². The molecular formula is CH10BaMnSi. The van der Waals surface area contributed by atoms with Crippen LogP contribution in [-0.2, 0) is 17.1 Å². The molecular weight excluding hydrogens is 232 g/mol. The molecule has 0 rings (SSSR count). The molecule has 27 valence electrons. The van der Waals surface area contributed by atoms with Crippen molar-refractivity contribution in [1.82, 2.24) is 0 Å². The summed E-state index contributed by atoms with van der Waals surface area (Å²) in [6.45, 7) is 0. The Morgan fingerprint density at radius 1 is 1.25 bits per heavy atom. The minimum Gasteiger partial charge on any atom is -1.00 e. The van der Waals surface area contributed by atoms with Gasteiger partial charge in [0.2, 0.25) is 0 Å². The van der Waals surface area contributed by atoms with Crippen LogP contribution in [0.25, 0.3) is 0 Å². The van der Waals surface area contributed by atoms with E-state index in [0.29, 0.717) is 0 Å². The molecule has 0 heterocycles. The zero-order valence-corrected chi connectivity index (χ0v) is 6.71. The van der Waals surface area contributed by atoms with Crippen LogP contribution in [0.3, 0.4) is 0 Å². The van der Waals surface area contributed by atoms with Crippen LogP contribution in [0.4, 0.5) is 0 Å². The zero-order chi connectivity index (χ0) is 0. The fraction of sp³-hybridized carbons (Fsp3) is 1.00. The van der Waals surface area contributed by atoms with Crippen molar-refractivity contribution >= 4 is 59.8 Å². The van der Waals surface area contributed by atoms with Crippen LogP contribution in [0.2, 0.25) is 0 Å². The van der Waals surface area contributed by atoms with E-state index in [0.717, 1.165) is 0 Å². The van der Waals surface area contributed by atoms with E-state index in [4.69, 9.17) is 0 Å². The van der Waals surface area contributed by atoms with Crippen molar-refractivity contribution in [3.8, 4) is 0 Å². The summed E-state index contributed by atoms with van der Waals surface area (Å²) in [5.74, 6) is 0. The molecule has 0 nitrogen and oxygen atoms in total. The molecule has 1 radical (unpaired) electrons. The minimum atomic E-state index is 0. The molecule has 0 aromatic rings. The maximum atomic E-state index is 0. The molecule has 0 aromatic carbocycles. The van der Waals surface area contributed by atoms with E-state index in [-0.39, 0.29) is 87.2 Å². The van der Waals surface area contributed by atoms with Crippen molar-refractivity contribution in [3.63, 3.8) is 0 Å². The second kappa shape index (κ2) is 18.5. The maximum Gasteiger partial charge on any atom is 2.00 e. The van der Waals surface area contributed by atoms with Gasteiger partial charge in [-0.3, -0.25) is 0 Å². The van der Waals surface area contributed by atoms with E-state index in [9.17, 15) is 0 Å². The molecule has 0 spiro atoms.